The zero-order valence-corrected chi connectivity index (χ0v) is 19.4. The number of rotatable bonds is 4. The Labute approximate surface area is 192 Å². The van der Waals surface area contributed by atoms with Gasteiger partial charge in [0.1, 0.15) is 5.56 Å². The Hall–Kier alpha value is -2.25. The summed E-state index contributed by atoms with van der Waals surface area (Å²) < 4.78 is 66.0. The minimum atomic E-state index is -4.65. The predicted molar refractivity (Wildman–Crippen MR) is 116 cm³/mol. The molecule has 0 aliphatic carbocycles. The Kier molecular flexibility index (Phi) is 5.40. The smallest absolute Gasteiger partial charge is 0.351 e. The number of carbonyl (C=O) groups is 1. The number of hydrogen-bond donors (Lipinski definition) is 1. The topological polar surface area (TPSA) is 95.5 Å². The molecule has 0 saturated carbocycles. The lowest BCUT2D eigenvalue weighted by atomic mass is 10.1. The third-order valence-electron chi connectivity index (χ3n) is 6.39. The second-order valence-electron chi connectivity index (χ2n) is 8.58. The number of nitrogens with one attached hydrogen (secondary N) is 1. The molecule has 0 spiro atoms. The predicted octanol–water partition coefficient (Wildman–Crippen LogP) is 3.35. The number of anilines is 1. The summed E-state index contributed by atoms with van der Waals surface area (Å²) in [5, 5.41) is 3.06. The van der Waals surface area contributed by atoms with Crippen molar-refractivity contribution in [2.24, 2.45) is 0 Å². The van der Waals surface area contributed by atoms with Crippen molar-refractivity contribution in [1.82, 2.24) is 19.2 Å². The van der Waals surface area contributed by atoms with E-state index in [1.807, 2.05) is 0 Å². The molecule has 2 saturated heterocycles. The molecular formula is C20H22F3N5O3S2. The van der Waals surface area contributed by atoms with Gasteiger partial charge in [-0.3, -0.25) is 4.79 Å². The van der Waals surface area contributed by atoms with Gasteiger partial charge in [0.15, 0.2) is 0 Å². The van der Waals surface area contributed by atoms with Gasteiger partial charge in [0.25, 0.3) is 5.91 Å². The first-order valence-corrected chi connectivity index (χ1v) is 13.3. The third-order valence-corrected chi connectivity index (χ3v) is 8.94. The maximum atomic E-state index is 13.7. The van der Waals surface area contributed by atoms with Gasteiger partial charge < -0.3 is 10.2 Å². The summed E-state index contributed by atoms with van der Waals surface area (Å²) in [6.45, 7) is 1.32. The van der Waals surface area contributed by atoms with Gasteiger partial charge in [0, 0.05) is 36.8 Å². The fourth-order valence-corrected chi connectivity index (χ4v) is 6.91. The van der Waals surface area contributed by atoms with E-state index in [9.17, 15) is 26.4 Å². The van der Waals surface area contributed by atoms with Crippen LogP contribution in [0.1, 0.15) is 52.5 Å². The fraction of sp³-hybridized carbons (Fsp3) is 0.550. The van der Waals surface area contributed by atoms with Crippen LogP contribution in [0.5, 0.6) is 0 Å². The van der Waals surface area contributed by atoms with Crippen LogP contribution < -0.4 is 5.32 Å². The number of piperidine rings is 1. The van der Waals surface area contributed by atoms with Gasteiger partial charge >= 0.3 is 6.18 Å². The Bertz CT molecular complexity index is 1210. The molecular weight excluding hydrogens is 479 g/mol. The highest BCUT2D eigenvalue weighted by Crippen LogP contribution is 2.48. The number of carbonyl (C=O) groups excluding carboxylic acids is 1. The first-order valence-electron chi connectivity index (χ1n) is 10.6. The van der Waals surface area contributed by atoms with Gasteiger partial charge in [0.2, 0.25) is 16.0 Å². The Morgan fingerprint density at radius 2 is 1.91 bits per heavy atom. The molecule has 2 aromatic heterocycles. The molecule has 5 rings (SSSR count). The molecule has 33 heavy (non-hydrogen) atoms. The summed E-state index contributed by atoms with van der Waals surface area (Å²) in [4.78, 5) is 23.6. The molecule has 3 aliphatic heterocycles. The van der Waals surface area contributed by atoms with Crippen LogP contribution in [0.15, 0.2) is 12.3 Å². The first kappa shape index (κ1) is 22.5. The number of aromatic nitrogens is 2. The maximum Gasteiger partial charge on any atom is 0.420 e. The second-order valence-corrected chi connectivity index (χ2v) is 11.6. The van der Waals surface area contributed by atoms with Crippen molar-refractivity contribution in [3.63, 3.8) is 0 Å². The van der Waals surface area contributed by atoms with Gasteiger partial charge in [-0.1, -0.05) is 0 Å². The van der Waals surface area contributed by atoms with Crippen LogP contribution in [0.2, 0.25) is 0 Å². The van der Waals surface area contributed by atoms with Gasteiger partial charge in [-0.25, -0.2) is 22.7 Å². The lowest BCUT2D eigenvalue weighted by Gasteiger charge is -2.30. The zero-order valence-electron chi connectivity index (χ0n) is 17.7. The SMILES string of the molecule is CS(=O)(=O)N1CCC(Nc2ncc(C(F)(F)F)c(-c3cc4c(s3)C3CCCN3C4=O)n2)CC1. The summed E-state index contributed by atoms with van der Waals surface area (Å²) in [6.07, 6.45) is -0.0420. The van der Waals surface area contributed by atoms with Crippen LogP contribution in [0.25, 0.3) is 10.6 Å². The van der Waals surface area contributed by atoms with Crippen molar-refractivity contribution < 1.29 is 26.4 Å². The number of alkyl halides is 3. The minimum absolute atomic E-state index is 0.0539. The quantitative estimate of drug-likeness (QED) is 0.691. The zero-order chi connectivity index (χ0) is 23.5. The molecule has 8 nitrogen and oxygen atoms in total. The Morgan fingerprint density at radius 3 is 2.58 bits per heavy atom. The van der Waals surface area contributed by atoms with E-state index < -0.39 is 21.8 Å². The van der Waals surface area contributed by atoms with Crippen molar-refractivity contribution in [3.05, 3.63) is 28.3 Å². The molecule has 1 N–H and O–H groups in total. The molecule has 5 heterocycles. The van der Waals surface area contributed by atoms with Crippen LogP contribution in [0.3, 0.4) is 0 Å². The van der Waals surface area contributed by atoms with Crippen LogP contribution in [-0.4, -0.2) is 65.4 Å². The molecule has 3 aliphatic rings. The van der Waals surface area contributed by atoms with Gasteiger partial charge in [-0.2, -0.15) is 13.2 Å². The monoisotopic (exact) mass is 501 g/mol. The molecule has 178 valence electrons. The van der Waals surface area contributed by atoms with E-state index in [0.717, 1.165) is 30.2 Å². The first-order chi connectivity index (χ1) is 15.5. The number of fused-ring (bicyclic) bond motifs is 3. The highest BCUT2D eigenvalue weighted by atomic mass is 32.2. The van der Waals surface area contributed by atoms with Gasteiger partial charge in [-0.15, -0.1) is 11.3 Å². The highest BCUT2D eigenvalue weighted by molar-refractivity contribution is 7.88. The second kappa shape index (κ2) is 7.91. The number of halogens is 3. The molecule has 2 fully saturated rings. The summed E-state index contributed by atoms with van der Waals surface area (Å²) in [5.74, 6) is -0.0771. The van der Waals surface area contributed by atoms with Gasteiger partial charge in [0.05, 0.1) is 28.4 Å². The standard InChI is InChI=1S/C20H22F3N5O3S2/c1-33(30,31)27-7-4-11(5-8-27)25-19-24-10-13(20(21,22)23)16(26-19)15-9-12-17(32-15)14-3-2-6-28(14)18(12)29/h9-11,14H,2-8H2,1H3,(H,24,25,26). The number of thiophene rings is 1. The summed E-state index contributed by atoms with van der Waals surface area (Å²) in [6, 6.07) is 1.31. The lowest BCUT2D eigenvalue weighted by Crippen LogP contribution is -2.42. The maximum absolute atomic E-state index is 13.7. The number of nitrogens with zero attached hydrogens (tertiary/aromatic N) is 4. The van der Waals surface area contributed by atoms with Crippen LogP contribution in [0, 0.1) is 0 Å². The summed E-state index contributed by atoms with van der Waals surface area (Å²) in [5.41, 5.74) is -0.727. The van der Waals surface area contributed by atoms with E-state index in [2.05, 4.69) is 15.3 Å². The van der Waals surface area contributed by atoms with E-state index in [4.69, 9.17) is 0 Å². The van der Waals surface area contributed by atoms with Gasteiger partial charge in [-0.05, 0) is 31.7 Å². The number of amides is 1. The normalized spacial score (nSPS) is 22.0. The summed E-state index contributed by atoms with van der Waals surface area (Å²) in [7, 11) is -3.28. The van der Waals surface area contributed by atoms with Crippen LogP contribution >= 0.6 is 11.3 Å². The van der Waals surface area contributed by atoms with E-state index in [-0.39, 0.29) is 29.6 Å². The van der Waals surface area contributed by atoms with E-state index >= 15 is 0 Å². The van der Waals surface area contributed by atoms with E-state index in [1.54, 1.807) is 4.90 Å². The Balaban J connectivity index is 1.43. The summed E-state index contributed by atoms with van der Waals surface area (Å²) >= 11 is 1.19. The van der Waals surface area contributed by atoms with Crippen LogP contribution in [0.4, 0.5) is 19.1 Å². The Morgan fingerprint density at radius 1 is 1.18 bits per heavy atom. The largest absolute Gasteiger partial charge is 0.420 e. The van der Waals surface area contributed by atoms with Crippen molar-refractivity contribution >= 4 is 33.2 Å². The third kappa shape index (κ3) is 4.10. The number of sulfonamides is 1. The van der Waals surface area contributed by atoms with Crippen molar-refractivity contribution in [2.75, 3.05) is 31.2 Å². The molecule has 1 amide bonds. The molecule has 1 atom stereocenters. The number of hydrogen-bond acceptors (Lipinski definition) is 7. The minimum Gasteiger partial charge on any atom is -0.351 e. The molecule has 1 unspecified atom stereocenters. The molecule has 13 heteroatoms. The average Bonchev–Trinajstić information content (AvgIpc) is 3.43. The molecule has 0 aromatic carbocycles. The van der Waals surface area contributed by atoms with Crippen molar-refractivity contribution in [2.45, 2.75) is 43.9 Å². The van der Waals surface area contributed by atoms with E-state index in [1.165, 1.54) is 21.7 Å². The van der Waals surface area contributed by atoms with E-state index in [0.29, 0.717) is 42.9 Å². The molecule has 0 radical (unpaired) electrons. The average molecular weight is 502 g/mol. The highest BCUT2D eigenvalue weighted by Gasteiger charge is 2.43. The van der Waals surface area contributed by atoms with Crippen LogP contribution in [-0.2, 0) is 16.2 Å². The fourth-order valence-electron chi connectivity index (χ4n) is 4.73. The molecule has 0 bridgehead atoms. The lowest BCUT2D eigenvalue weighted by molar-refractivity contribution is -0.137. The van der Waals surface area contributed by atoms with Crippen molar-refractivity contribution in [1.29, 1.82) is 0 Å². The molecule has 2 aromatic rings. The van der Waals surface area contributed by atoms with Crippen molar-refractivity contribution in [3.8, 4) is 10.6 Å².